The first-order valence-corrected chi connectivity index (χ1v) is 7.52. The highest BCUT2D eigenvalue weighted by Crippen LogP contribution is 2.28. The molecule has 100 valence electrons. The van der Waals surface area contributed by atoms with Crippen LogP contribution in [0.1, 0.15) is 36.5 Å². The Morgan fingerprint density at radius 3 is 2.68 bits per heavy atom. The second-order valence-electron chi connectivity index (χ2n) is 4.88. The van der Waals surface area contributed by atoms with Crippen molar-refractivity contribution in [2.75, 3.05) is 0 Å². The van der Waals surface area contributed by atoms with Crippen LogP contribution in [0.15, 0.2) is 36.5 Å². The van der Waals surface area contributed by atoms with E-state index in [1.165, 1.54) is 11.1 Å². The summed E-state index contributed by atoms with van der Waals surface area (Å²) in [5, 5.41) is 0.735. The first kappa shape index (κ1) is 14.1. The zero-order chi connectivity index (χ0) is 13.8. The van der Waals surface area contributed by atoms with Gasteiger partial charge in [0.25, 0.3) is 0 Å². The van der Waals surface area contributed by atoms with Crippen molar-refractivity contribution in [3.63, 3.8) is 0 Å². The Kier molecular flexibility index (Phi) is 4.59. The van der Waals surface area contributed by atoms with Crippen molar-refractivity contribution in [3.05, 3.63) is 53.2 Å². The summed E-state index contributed by atoms with van der Waals surface area (Å²) in [5.41, 5.74) is 3.66. The van der Waals surface area contributed by atoms with E-state index in [2.05, 4.69) is 53.8 Å². The van der Waals surface area contributed by atoms with Crippen LogP contribution in [-0.4, -0.2) is 4.98 Å². The summed E-state index contributed by atoms with van der Waals surface area (Å²) < 4.78 is 5.87. The monoisotopic (exact) mass is 319 g/mol. The van der Waals surface area contributed by atoms with Crippen LogP contribution in [0.25, 0.3) is 0 Å². The molecule has 0 spiro atoms. The molecule has 1 aromatic carbocycles. The first-order valence-electron chi connectivity index (χ1n) is 6.40. The molecule has 3 heteroatoms. The Labute approximate surface area is 123 Å². The number of ether oxygens (including phenoxy) is 1. The number of rotatable bonds is 4. The smallest absolute Gasteiger partial charge is 0.223 e. The van der Waals surface area contributed by atoms with Crippen molar-refractivity contribution in [1.82, 2.24) is 4.98 Å². The third-order valence-electron chi connectivity index (χ3n) is 3.07. The van der Waals surface area contributed by atoms with Gasteiger partial charge in [0.15, 0.2) is 0 Å². The molecule has 2 rings (SSSR count). The molecule has 0 fully saturated rings. The fraction of sp³-hybridized carbons (Fsp3) is 0.312. The van der Waals surface area contributed by atoms with Gasteiger partial charge in [-0.2, -0.15) is 0 Å². The largest absolute Gasteiger partial charge is 0.439 e. The van der Waals surface area contributed by atoms with Crippen LogP contribution in [0.3, 0.4) is 0 Å². The van der Waals surface area contributed by atoms with E-state index in [0.29, 0.717) is 11.8 Å². The minimum Gasteiger partial charge on any atom is -0.439 e. The van der Waals surface area contributed by atoms with Gasteiger partial charge >= 0.3 is 0 Å². The van der Waals surface area contributed by atoms with Crippen molar-refractivity contribution in [2.24, 2.45) is 0 Å². The number of alkyl halides is 1. The number of hydrogen-bond acceptors (Lipinski definition) is 2. The molecule has 1 aromatic heterocycles. The molecule has 0 radical (unpaired) electrons. The Bertz CT molecular complexity index is 566. The highest BCUT2D eigenvalue weighted by atomic mass is 79.9. The molecule has 0 amide bonds. The van der Waals surface area contributed by atoms with Crippen molar-refractivity contribution in [1.29, 1.82) is 0 Å². The van der Waals surface area contributed by atoms with E-state index >= 15 is 0 Å². The van der Waals surface area contributed by atoms with Crippen molar-refractivity contribution in [3.8, 4) is 11.6 Å². The van der Waals surface area contributed by atoms with Gasteiger partial charge in [-0.25, -0.2) is 4.98 Å². The minimum absolute atomic E-state index is 0.530. The number of aromatic nitrogens is 1. The third-order valence-corrected chi connectivity index (χ3v) is 3.68. The topological polar surface area (TPSA) is 22.1 Å². The summed E-state index contributed by atoms with van der Waals surface area (Å²) in [6.45, 7) is 6.52. The fourth-order valence-electron chi connectivity index (χ4n) is 2.09. The van der Waals surface area contributed by atoms with Crippen LogP contribution in [0.5, 0.6) is 11.6 Å². The summed E-state index contributed by atoms with van der Waals surface area (Å²) in [6, 6.07) is 10.1. The number of halogens is 1. The number of nitrogens with zero attached hydrogens (tertiary/aromatic N) is 1. The van der Waals surface area contributed by atoms with E-state index < -0.39 is 0 Å². The maximum absolute atomic E-state index is 5.87. The molecule has 2 nitrogen and oxygen atoms in total. The summed E-state index contributed by atoms with van der Waals surface area (Å²) in [5.74, 6) is 2.03. The SMILES string of the molecule is Cc1cc(Oc2ncccc2CBr)ccc1C(C)C. The summed E-state index contributed by atoms with van der Waals surface area (Å²) in [7, 11) is 0. The molecular weight excluding hydrogens is 302 g/mol. The summed E-state index contributed by atoms with van der Waals surface area (Å²) >= 11 is 3.45. The van der Waals surface area contributed by atoms with Crippen LogP contribution < -0.4 is 4.74 Å². The second kappa shape index (κ2) is 6.20. The van der Waals surface area contributed by atoms with E-state index in [-0.39, 0.29) is 0 Å². The highest BCUT2D eigenvalue weighted by Gasteiger charge is 2.08. The fourth-order valence-corrected chi connectivity index (χ4v) is 2.52. The van der Waals surface area contributed by atoms with Gasteiger partial charge < -0.3 is 4.74 Å². The predicted octanol–water partition coefficient (Wildman–Crippen LogP) is 5.20. The standard InChI is InChI=1S/C16H18BrNO/c1-11(2)15-7-6-14(9-12(15)3)19-16-13(10-17)5-4-8-18-16/h4-9,11H,10H2,1-3H3. The van der Waals surface area contributed by atoms with Crippen LogP contribution >= 0.6 is 15.9 Å². The van der Waals surface area contributed by atoms with E-state index in [1.807, 2.05) is 18.2 Å². The van der Waals surface area contributed by atoms with E-state index in [1.54, 1.807) is 6.20 Å². The number of hydrogen-bond donors (Lipinski definition) is 0. The molecular formula is C16H18BrNO. The molecule has 19 heavy (non-hydrogen) atoms. The molecule has 0 atom stereocenters. The van der Waals surface area contributed by atoms with E-state index in [4.69, 9.17) is 4.74 Å². The van der Waals surface area contributed by atoms with E-state index in [0.717, 1.165) is 16.6 Å². The molecule has 0 aliphatic carbocycles. The van der Waals surface area contributed by atoms with Crippen LogP contribution in [-0.2, 0) is 5.33 Å². The predicted molar refractivity (Wildman–Crippen MR) is 82.2 cm³/mol. The number of benzene rings is 1. The minimum atomic E-state index is 0.530. The maximum atomic E-state index is 5.87. The Morgan fingerprint density at radius 1 is 1.26 bits per heavy atom. The van der Waals surface area contributed by atoms with Crippen LogP contribution in [0.2, 0.25) is 0 Å². The van der Waals surface area contributed by atoms with Gasteiger partial charge in [-0.1, -0.05) is 41.9 Å². The molecule has 0 saturated carbocycles. The molecule has 0 unspecified atom stereocenters. The van der Waals surface area contributed by atoms with Gasteiger partial charge in [-0.05, 0) is 42.2 Å². The van der Waals surface area contributed by atoms with E-state index in [9.17, 15) is 0 Å². The molecule has 0 aliphatic rings. The van der Waals surface area contributed by atoms with Gasteiger partial charge in [0, 0.05) is 17.1 Å². The van der Waals surface area contributed by atoms with Crippen molar-refractivity contribution >= 4 is 15.9 Å². The lowest BCUT2D eigenvalue weighted by Gasteiger charge is -2.13. The molecule has 0 aliphatic heterocycles. The summed E-state index contributed by atoms with van der Waals surface area (Å²) in [6.07, 6.45) is 1.75. The summed E-state index contributed by atoms with van der Waals surface area (Å²) in [4.78, 5) is 4.28. The zero-order valence-electron chi connectivity index (χ0n) is 11.5. The maximum Gasteiger partial charge on any atom is 0.223 e. The highest BCUT2D eigenvalue weighted by molar-refractivity contribution is 9.08. The van der Waals surface area contributed by atoms with Gasteiger partial charge in [-0.15, -0.1) is 0 Å². The molecule has 0 saturated heterocycles. The van der Waals surface area contributed by atoms with Crippen LogP contribution in [0, 0.1) is 6.92 Å². The average Bonchev–Trinajstić information content (AvgIpc) is 2.39. The average molecular weight is 320 g/mol. The Hall–Kier alpha value is -1.35. The lowest BCUT2D eigenvalue weighted by atomic mass is 9.98. The van der Waals surface area contributed by atoms with Gasteiger partial charge in [0.05, 0.1) is 0 Å². The molecule has 1 heterocycles. The number of pyridine rings is 1. The molecule has 2 aromatic rings. The number of aryl methyl sites for hydroxylation is 1. The Morgan fingerprint density at radius 2 is 2.05 bits per heavy atom. The zero-order valence-corrected chi connectivity index (χ0v) is 13.1. The lowest BCUT2D eigenvalue weighted by Crippen LogP contribution is -1.95. The Balaban J connectivity index is 2.26. The molecule has 0 N–H and O–H groups in total. The van der Waals surface area contributed by atoms with Crippen LogP contribution in [0.4, 0.5) is 0 Å². The van der Waals surface area contributed by atoms with Crippen molar-refractivity contribution in [2.45, 2.75) is 32.0 Å². The first-order chi connectivity index (χ1) is 9.11. The van der Waals surface area contributed by atoms with Gasteiger partial charge in [0.2, 0.25) is 5.88 Å². The quantitative estimate of drug-likeness (QED) is 0.722. The van der Waals surface area contributed by atoms with Gasteiger partial charge in [-0.3, -0.25) is 0 Å². The normalized spacial score (nSPS) is 10.8. The second-order valence-corrected chi connectivity index (χ2v) is 5.44. The lowest BCUT2D eigenvalue weighted by molar-refractivity contribution is 0.458. The van der Waals surface area contributed by atoms with Gasteiger partial charge in [0.1, 0.15) is 5.75 Å². The molecule has 0 bridgehead atoms. The van der Waals surface area contributed by atoms with Crippen molar-refractivity contribution < 1.29 is 4.74 Å². The third kappa shape index (κ3) is 3.35.